The lowest BCUT2D eigenvalue weighted by atomic mass is 10.1. The number of nitrogens with zero attached hydrogens (tertiary/aromatic N) is 4. The molecule has 4 rings (SSSR count). The van der Waals surface area contributed by atoms with Crippen molar-refractivity contribution in [1.82, 2.24) is 24.5 Å². The van der Waals surface area contributed by atoms with Crippen LogP contribution in [0, 0.1) is 12.7 Å². The monoisotopic (exact) mass is 522 g/mol. The fraction of sp³-hybridized carbons (Fsp3) is 0.182. The normalized spacial score (nSPS) is 13.2. The van der Waals surface area contributed by atoms with Crippen molar-refractivity contribution in [2.24, 2.45) is 5.73 Å². The van der Waals surface area contributed by atoms with Gasteiger partial charge in [-0.25, -0.2) is 12.8 Å². The molecule has 1 amide bonds. The van der Waals surface area contributed by atoms with Gasteiger partial charge in [-0.15, -0.1) is 5.10 Å². The third-order valence-corrected chi connectivity index (χ3v) is 6.92. The number of carbonyl (C=O) groups excluding carboxylic acids is 1. The van der Waals surface area contributed by atoms with Gasteiger partial charge in [0.1, 0.15) is 16.8 Å². The third-order valence-electron chi connectivity index (χ3n) is 5.39. The van der Waals surface area contributed by atoms with Gasteiger partial charge in [-0.05, 0) is 55.8 Å². The quantitative estimate of drug-likeness (QED) is 0.374. The average molecular weight is 522 g/mol. The summed E-state index contributed by atoms with van der Waals surface area (Å²) in [6.07, 6.45) is -2.53. The van der Waals surface area contributed by atoms with Crippen LogP contribution in [0.15, 0.2) is 53.7 Å². The lowest BCUT2D eigenvalue weighted by Gasteiger charge is -2.17. The van der Waals surface area contributed by atoms with Gasteiger partial charge in [-0.3, -0.25) is 14.3 Å². The molecular weight excluding hydrogens is 504 g/mol. The van der Waals surface area contributed by atoms with Crippen LogP contribution < -0.4 is 10.5 Å². The summed E-state index contributed by atoms with van der Waals surface area (Å²) in [7, 11) is -4.57. The summed E-state index contributed by atoms with van der Waals surface area (Å²) in [6, 6.07) is 5.67. The van der Waals surface area contributed by atoms with Crippen LogP contribution in [0.25, 0.3) is 28.1 Å². The molecule has 0 saturated carbocycles. The van der Waals surface area contributed by atoms with Gasteiger partial charge in [0.25, 0.3) is 5.91 Å². The number of amides is 1. The van der Waals surface area contributed by atoms with Crippen LogP contribution in [0.3, 0.4) is 0 Å². The minimum atomic E-state index is -4.79. The van der Waals surface area contributed by atoms with Crippen molar-refractivity contribution in [2.45, 2.75) is 31.0 Å². The molecule has 0 aliphatic carbocycles. The molecule has 3 aromatic heterocycles. The Morgan fingerprint density at radius 2 is 1.92 bits per heavy atom. The SMILES string of the molecule is Cc1cc2c(cc1F)c(C(N)=O)c(-c1ccc(S(=O)(=O)N[C@@H](C)C(F)(F)F)cn1)n2-c1cccnn1. The van der Waals surface area contributed by atoms with Gasteiger partial charge in [-0.2, -0.15) is 23.0 Å². The van der Waals surface area contributed by atoms with Crippen molar-refractivity contribution in [3.63, 3.8) is 0 Å². The van der Waals surface area contributed by atoms with E-state index in [1.807, 2.05) is 0 Å². The van der Waals surface area contributed by atoms with E-state index in [4.69, 9.17) is 5.73 Å². The van der Waals surface area contributed by atoms with Crippen LogP contribution in [0.5, 0.6) is 0 Å². The Kier molecular flexibility index (Phi) is 6.26. The summed E-state index contributed by atoms with van der Waals surface area (Å²) in [4.78, 5) is 16.0. The second-order valence-corrected chi connectivity index (χ2v) is 9.60. The number of primary amides is 1. The highest BCUT2D eigenvalue weighted by atomic mass is 32.2. The smallest absolute Gasteiger partial charge is 0.366 e. The van der Waals surface area contributed by atoms with Crippen LogP contribution in [-0.2, 0) is 10.0 Å². The van der Waals surface area contributed by atoms with Gasteiger partial charge in [0.15, 0.2) is 5.82 Å². The average Bonchev–Trinajstić information content (AvgIpc) is 3.13. The summed E-state index contributed by atoms with van der Waals surface area (Å²) in [5, 5.41) is 8.04. The first-order valence-electron chi connectivity index (χ1n) is 10.3. The van der Waals surface area contributed by atoms with Crippen LogP contribution in [-0.4, -0.2) is 46.3 Å². The Balaban J connectivity index is 1.93. The second-order valence-electron chi connectivity index (χ2n) is 7.89. The number of aryl methyl sites for hydroxylation is 1. The Morgan fingerprint density at radius 1 is 1.19 bits per heavy atom. The maximum Gasteiger partial charge on any atom is 0.404 e. The predicted octanol–water partition coefficient (Wildman–Crippen LogP) is 3.26. The molecule has 3 N–H and O–H groups in total. The first-order chi connectivity index (χ1) is 16.8. The fourth-order valence-corrected chi connectivity index (χ4v) is 4.77. The molecule has 4 aromatic rings. The van der Waals surface area contributed by atoms with Gasteiger partial charge >= 0.3 is 6.18 Å². The van der Waals surface area contributed by atoms with Gasteiger partial charge in [0, 0.05) is 17.8 Å². The third kappa shape index (κ3) is 4.52. The molecule has 1 atom stereocenters. The van der Waals surface area contributed by atoms with E-state index in [9.17, 15) is 30.8 Å². The van der Waals surface area contributed by atoms with E-state index >= 15 is 0 Å². The molecule has 3 heterocycles. The zero-order valence-corrected chi connectivity index (χ0v) is 19.5. The number of hydrogen-bond acceptors (Lipinski definition) is 6. The minimum absolute atomic E-state index is 0.0338. The molecule has 0 spiro atoms. The topological polar surface area (TPSA) is 133 Å². The zero-order chi connectivity index (χ0) is 26.4. The maximum absolute atomic E-state index is 14.5. The van der Waals surface area contributed by atoms with Crippen LogP contribution in [0.4, 0.5) is 17.6 Å². The van der Waals surface area contributed by atoms with Crippen molar-refractivity contribution in [3.8, 4) is 17.2 Å². The number of nitrogens with one attached hydrogen (secondary N) is 1. The molecule has 36 heavy (non-hydrogen) atoms. The zero-order valence-electron chi connectivity index (χ0n) is 18.7. The van der Waals surface area contributed by atoms with E-state index in [1.54, 1.807) is 16.9 Å². The Hall–Kier alpha value is -3.91. The number of sulfonamides is 1. The Labute approximate surface area is 202 Å². The van der Waals surface area contributed by atoms with Crippen molar-refractivity contribution in [3.05, 3.63) is 65.7 Å². The van der Waals surface area contributed by atoms with Crippen molar-refractivity contribution >= 4 is 26.8 Å². The maximum atomic E-state index is 14.5. The number of halogens is 4. The number of benzene rings is 1. The molecule has 9 nitrogen and oxygen atoms in total. The van der Waals surface area contributed by atoms with Gasteiger partial charge in [0.2, 0.25) is 10.0 Å². The van der Waals surface area contributed by atoms with E-state index in [0.717, 1.165) is 18.3 Å². The lowest BCUT2D eigenvalue weighted by molar-refractivity contribution is -0.147. The predicted molar refractivity (Wildman–Crippen MR) is 121 cm³/mol. The van der Waals surface area contributed by atoms with Crippen LogP contribution >= 0.6 is 0 Å². The van der Waals surface area contributed by atoms with Gasteiger partial charge in [-0.1, -0.05) is 0 Å². The standard InChI is InChI=1S/C22H18F4N6O3S/c1-11-8-17-14(9-15(11)23)19(21(27)33)20(32(17)18-4-3-7-29-30-18)16-6-5-13(10-28-16)36(34,35)31-12(2)22(24,25)26/h3-10,12,31H,1-2H3,(H2,27,33)/t12-/m0/s1. The molecule has 0 radical (unpaired) electrons. The first-order valence-corrected chi connectivity index (χ1v) is 11.8. The molecule has 0 fully saturated rings. The van der Waals surface area contributed by atoms with Crippen molar-refractivity contribution in [1.29, 1.82) is 0 Å². The number of rotatable bonds is 6. The number of carbonyl (C=O) groups is 1. The second kappa shape index (κ2) is 8.95. The Morgan fingerprint density at radius 3 is 2.47 bits per heavy atom. The number of nitrogens with two attached hydrogens (primary N) is 1. The van der Waals surface area contributed by atoms with Crippen molar-refractivity contribution < 1.29 is 30.8 Å². The molecule has 0 saturated heterocycles. The highest BCUT2D eigenvalue weighted by molar-refractivity contribution is 7.89. The summed E-state index contributed by atoms with van der Waals surface area (Å²) >= 11 is 0. The van der Waals surface area contributed by atoms with E-state index in [0.29, 0.717) is 12.4 Å². The summed E-state index contributed by atoms with van der Waals surface area (Å²) < 4.78 is 80.8. The number of aromatic nitrogens is 4. The highest BCUT2D eigenvalue weighted by Crippen LogP contribution is 2.36. The van der Waals surface area contributed by atoms with Crippen LogP contribution in [0.1, 0.15) is 22.8 Å². The highest BCUT2D eigenvalue weighted by Gasteiger charge is 2.39. The molecule has 188 valence electrons. The fourth-order valence-electron chi connectivity index (χ4n) is 3.60. The first kappa shape index (κ1) is 25.2. The number of hydrogen-bond donors (Lipinski definition) is 2. The summed E-state index contributed by atoms with van der Waals surface area (Å²) in [5.74, 6) is -1.28. The minimum Gasteiger partial charge on any atom is -0.366 e. The largest absolute Gasteiger partial charge is 0.404 e. The molecule has 0 bridgehead atoms. The Bertz CT molecular complexity index is 1570. The van der Waals surface area contributed by atoms with Gasteiger partial charge < -0.3 is 5.73 Å². The van der Waals surface area contributed by atoms with Gasteiger partial charge in [0.05, 0.1) is 22.5 Å². The number of alkyl halides is 3. The number of pyridine rings is 1. The number of fused-ring (bicyclic) bond motifs is 1. The van der Waals surface area contributed by atoms with Crippen LogP contribution in [0.2, 0.25) is 0 Å². The lowest BCUT2D eigenvalue weighted by Crippen LogP contribution is -2.42. The van der Waals surface area contributed by atoms with Crippen molar-refractivity contribution in [2.75, 3.05) is 0 Å². The molecule has 0 aliphatic heterocycles. The molecule has 0 aliphatic rings. The van der Waals surface area contributed by atoms with E-state index in [2.05, 4.69) is 15.2 Å². The molecule has 0 unspecified atom stereocenters. The molecular formula is C22H18F4N6O3S. The summed E-state index contributed by atoms with van der Waals surface area (Å²) in [6.45, 7) is 2.19. The van der Waals surface area contributed by atoms with E-state index in [1.165, 1.54) is 29.8 Å². The van der Waals surface area contributed by atoms with E-state index in [-0.39, 0.29) is 33.7 Å². The molecule has 14 heteroatoms. The van der Waals surface area contributed by atoms with E-state index < -0.39 is 38.9 Å². The molecule has 1 aromatic carbocycles. The summed E-state index contributed by atoms with van der Waals surface area (Å²) in [5.41, 5.74) is 6.27.